The highest BCUT2D eigenvalue weighted by atomic mass is 19.1. The van der Waals surface area contributed by atoms with E-state index < -0.39 is 11.7 Å². The third-order valence-corrected chi connectivity index (χ3v) is 3.00. The van der Waals surface area contributed by atoms with Gasteiger partial charge in [-0.15, -0.1) is 0 Å². The number of pyridine rings is 1. The van der Waals surface area contributed by atoms with Crippen molar-refractivity contribution in [2.45, 2.75) is 13.5 Å². The molecule has 0 aliphatic carbocycles. The van der Waals surface area contributed by atoms with Crippen molar-refractivity contribution in [2.75, 3.05) is 12.8 Å². The van der Waals surface area contributed by atoms with Crippen molar-refractivity contribution in [1.29, 1.82) is 0 Å². The minimum atomic E-state index is -0.770. The molecule has 2 aromatic rings. The fraction of sp³-hybridized carbons (Fsp3) is 0.200. The maximum Gasteiger partial charge on any atom is 0.257 e. The van der Waals surface area contributed by atoms with Gasteiger partial charge in [-0.25, -0.2) is 9.37 Å². The molecule has 0 aliphatic heterocycles. The molecular weight excluding hydrogens is 257 g/mol. The maximum absolute atomic E-state index is 13.8. The first-order chi connectivity index (χ1) is 9.49. The summed E-state index contributed by atoms with van der Waals surface area (Å²) in [5.74, 6) is -1.45. The van der Waals surface area contributed by atoms with Gasteiger partial charge in [0.15, 0.2) is 11.6 Å². The van der Waals surface area contributed by atoms with Crippen LogP contribution in [0.3, 0.4) is 0 Å². The monoisotopic (exact) mass is 273 g/mol. The highest BCUT2D eigenvalue weighted by Crippen LogP contribution is 2.15. The molecule has 5 heteroatoms. The summed E-state index contributed by atoms with van der Waals surface area (Å²) in [5, 5.41) is 0. The summed E-state index contributed by atoms with van der Waals surface area (Å²) in [5.41, 5.74) is 7.41. The van der Waals surface area contributed by atoms with E-state index in [-0.39, 0.29) is 11.4 Å². The van der Waals surface area contributed by atoms with E-state index in [2.05, 4.69) is 4.98 Å². The Hall–Kier alpha value is -2.43. The van der Waals surface area contributed by atoms with Crippen LogP contribution >= 0.6 is 0 Å². The molecule has 0 saturated heterocycles. The minimum Gasteiger partial charge on any atom is -0.381 e. The van der Waals surface area contributed by atoms with Gasteiger partial charge in [-0.3, -0.25) is 4.79 Å². The van der Waals surface area contributed by atoms with Crippen LogP contribution in [0.25, 0.3) is 0 Å². The number of carbonyl (C=O) groups is 1. The second-order valence-corrected chi connectivity index (χ2v) is 4.71. The molecule has 2 rings (SSSR count). The number of nitrogens with two attached hydrogens (primary N) is 1. The Labute approximate surface area is 117 Å². The van der Waals surface area contributed by atoms with Gasteiger partial charge in [-0.05, 0) is 18.6 Å². The summed E-state index contributed by atoms with van der Waals surface area (Å²) in [6.07, 6.45) is 1.33. The van der Waals surface area contributed by atoms with E-state index in [1.54, 1.807) is 7.05 Å². The van der Waals surface area contributed by atoms with Crippen LogP contribution in [0.15, 0.2) is 36.5 Å². The number of benzene rings is 1. The number of aryl methyl sites for hydroxylation is 1. The number of hydrogen-bond donors (Lipinski definition) is 1. The lowest BCUT2D eigenvalue weighted by Crippen LogP contribution is -2.27. The molecule has 20 heavy (non-hydrogen) atoms. The summed E-state index contributed by atoms with van der Waals surface area (Å²) in [4.78, 5) is 17.3. The lowest BCUT2D eigenvalue weighted by molar-refractivity contribution is 0.0780. The van der Waals surface area contributed by atoms with Gasteiger partial charge >= 0.3 is 0 Å². The topological polar surface area (TPSA) is 59.2 Å². The molecule has 0 bridgehead atoms. The first-order valence-electron chi connectivity index (χ1n) is 6.20. The molecule has 1 aromatic carbocycles. The predicted molar refractivity (Wildman–Crippen MR) is 75.6 cm³/mol. The molecule has 0 unspecified atom stereocenters. The molecule has 1 aromatic heterocycles. The van der Waals surface area contributed by atoms with Gasteiger partial charge in [0.1, 0.15) is 0 Å². The Morgan fingerprint density at radius 3 is 2.85 bits per heavy atom. The van der Waals surface area contributed by atoms with Gasteiger partial charge in [0, 0.05) is 19.8 Å². The Kier molecular flexibility index (Phi) is 3.98. The quantitative estimate of drug-likeness (QED) is 0.934. The second-order valence-electron chi connectivity index (χ2n) is 4.71. The Morgan fingerprint density at radius 1 is 1.40 bits per heavy atom. The molecule has 2 N–H and O–H groups in total. The van der Waals surface area contributed by atoms with Gasteiger partial charge in [0.05, 0.1) is 5.56 Å². The zero-order valence-corrected chi connectivity index (χ0v) is 11.4. The van der Waals surface area contributed by atoms with E-state index in [0.717, 1.165) is 11.1 Å². The molecule has 4 nitrogen and oxygen atoms in total. The number of amides is 1. The van der Waals surface area contributed by atoms with Gasteiger partial charge in [0.2, 0.25) is 0 Å². The number of nitrogens with zero attached hydrogens (tertiary/aromatic N) is 2. The molecule has 0 fully saturated rings. The lowest BCUT2D eigenvalue weighted by Gasteiger charge is -2.18. The van der Waals surface area contributed by atoms with E-state index in [1.807, 2.05) is 31.2 Å². The van der Waals surface area contributed by atoms with Crippen LogP contribution < -0.4 is 5.73 Å². The predicted octanol–water partition coefficient (Wildman–Crippen LogP) is 2.38. The summed E-state index contributed by atoms with van der Waals surface area (Å²) in [6.45, 7) is 2.39. The zero-order valence-electron chi connectivity index (χ0n) is 11.4. The Bertz CT molecular complexity index is 643. The van der Waals surface area contributed by atoms with Crippen LogP contribution in [0.1, 0.15) is 21.5 Å². The zero-order chi connectivity index (χ0) is 14.7. The lowest BCUT2D eigenvalue weighted by atomic mass is 10.1. The van der Waals surface area contributed by atoms with Crippen molar-refractivity contribution in [3.8, 4) is 0 Å². The molecular formula is C15H16FN3O. The van der Waals surface area contributed by atoms with Crippen molar-refractivity contribution < 1.29 is 9.18 Å². The smallest absolute Gasteiger partial charge is 0.257 e. The van der Waals surface area contributed by atoms with Gasteiger partial charge in [-0.1, -0.05) is 29.8 Å². The molecule has 1 heterocycles. The van der Waals surface area contributed by atoms with E-state index in [0.29, 0.717) is 6.54 Å². The van der Waals surface area contributed by atoms with Crippen LogP contribution in [0.4, 0.5) is 10.2 Å². The molecule has 104 valence electrons. The number of rotatable bonds is 3. The van der Waals surface area contributed by atoms with Crippen LogP contribution in [-0.4, -0.2) is 22.8 Å². The fourth-order valence-corrected chi connectivity index (χ4v) is 1.99. The standard InChI is InChI=1S/C15H16FN3O/c1-10-4-3-5-11(8-10)9-19(2)15(20)12-6-7-18-14(17)13(12)16/h3-8H,9H2,1-2H3,(H2,17,18). The van der Waals surface area contributed by atoms with Crippen LogP contribution in [-0.2, 0) is 6.54 Å². The first-order valence-corrected chi connectivity index (χ1v) is 6.20. The maximum atomic E-state index is 13.8. The van der Waals surface area contributed by atoms with E-state index >= 15 is 0 Å². The Balaban J connectivity index is 2.19. The van der Waals surface area contributed by atoms with Crippen molar-refractivity contribution in [3.63, 3.8) is 0 Å². The normalized spacial score (nSPS) is 10.3. The largest absolute Gasteiger partial charge is 0.381 e. The molecule has 0 aliphatic rings. The Morgan fingerprint density at radius 2 is 2.15 bits per heavy atom. The molecule has 0 saturated carbocycles. The van der Waals surface area contributed by atoms with Crippen LogP contribution in [0, 0.1) is 12.7 Å². The second kappa shape index (κ2) is 5.69. The van der Waals surface area contributed by atoms with Crippen LogP contribution in [0.5, 0.6) is 0 Å². The highest BCUT2D eigenvalue weighted by Gasteiger charge is 2.18. The summed E-state index contributed by atoms with van der Waals surface area (Å²) in [6, 6.07) is 9.15. The highest BCUT2D eigenvalue weighted by molar-refractivity contribution is 5.94. The average molecular weight is 273 g/mol. The molecule has 0 radical (unpaired) electrons. The SMILES string of the molecule is Cc1cccc(CN(C)C(=O)c2ccnc(N)c2F)c1. The van der Waals surface area contributed by atoms with Crippen LogP contribution in [0.2, 0.25) is 0 Å². The average Bonchev–Trinajstić information content (AvgIpc) is 2.41. The molecule has 0 atom stereocenters. The number of carbonyl (C=O) groups excluding carboxylic acids is 1. The van der Waals surface area contributed by atoms with Crippen molar-refractivity contribution in [3.05, 3.63) is 59.0 Å². The van der Waals surface area contributed by atoms with Crippen molar-refractivity contribution in [1.82, 2.24) is 9.88 Å². The third-order valence-electron chi connectivity index (χ3n) is 3.00. The number of anilines is 1. The number of nitrogen functional groups attached to an aromatic ring is 1. The summed E-state index contributed by atoms with van der Waals surface area (Å²) < 4.78 is 13.8. The number of halogens is 1. The fourth-order valence-electron chi connectivity index (χ4n) is 1.99. The van der Waals surface area contributed by atoms with Gasteiger partial charge < -0.3 is 10.6 Å². The van der Waals surface area contributed by atoms with Gasteiger partial charge in [0.25, 0.3) is 5.91 Å². The van der Waals surface area contributed by atoms with E-state index in [1.165, 1.54) is 17.2 Å². The summed E-state index contributed by atoms with van der Waals surface area (Å²) >= 11 is 0. The van der Waals surface area contributed by atoms with Crippen molar-refractivity contribution >= 4 is 11.7 Å². The number of hydrogen-bond acceptors (Lipinski definition) is 3. The minimum absolute atomic E-state index is 0.0624. The first kappa shape index (κ1) is 14.0. The molecule has 1 amide bonds. The van der Waals surface area contributed by atoms with E-state index in [9.17, 15) is 9.18 Å². The van der Waals surface area contributed by atoms with Gasteiger partial charge in [-0.2, -0.15) is 0 Å². The molecule has 0 spiro atoms. The third kappa shape index (κ3) is 2.93. The van der Waals surface area contributed by atoms with Crippen molar-refractivity contribution in [2.24, 2.45) is 0 Å². The summed E-state index contributed by atoms with van der Waals surface area (Å²) in [7, 11) is 1.63. The number of aromatic nitrogens is 1. The van der Waals surface area contributed by atoms with E-state index in [4.69, 9.17) is 5.73 Å².